The minimum atomic E-state index is 0.373. The summed E-state index contributed by atoms with van der Waals surface area (Å²) in [5.41, 5.74) is 7.43. The number of aromatic nitrogens is 2. The first-order valence-corrected chi connectivity index (χ1v) is 5.17. The molecule has 2 N–H and O–H groups in total. The van der Waals surface area contributed by atoms with Crippen LogP contribution in [0.15, 0.2) is 30.3 Å². The Morgan fingerprint density at radius 2 is 2.07 bits per heavy atom. The zero-order chi connectivity index (χ0) is 10.8. The molecule has 78 valence electrons. The molecule has 5 heteroatoms. The molecule has 0 bridgehead atoms. The van der Waals surface area contributed by atoms with Crippen molar-refractivity contribution in [1.29, 1.82) is 0 Å². The van der Waals surface area contributed by atoms with Crippen molar-refractivity contribution >= 4 is 23.2 Å². The molecule has 15 heavy (non-hydrogen) atoms. The Balaban J connectivity index is 2.49. The highest BCUT2D eigenvalue weighted by molar-refractivity contribution is 6.33. The van der Waals surface area contributed by atoms with E-state index in [1.165, 1.54) is 0 Å². The highest BCUT2D eigenvalue weighted by atomic mass is 35.5. The van der Waals surface area contributed by atoms with Crippen LogP contribution in [0.5, 0.6) is 0 Å². The molecule has 2 rings (SSSR count). The lowest BCUT2D eigenvalue weighted by molar-refractivity contribution is 0.877. The van der Waals surface area contributed by atoms with Crippen LogP contribution in [0, 0.1) is 0 Å². The molecule has 0 fully saturated rings. The molecule has 3 nitrogen and oxygen atoms in total. The summed E-state index contributed by atoms with van der Waals surface area (Å²) in [6.07, 6.45) is 0. The van der Waals surface area contributed by atoms with Crippen molar-refractivity contribution in [1.82, 2.24) is 9.78 Å². The molecule has 0 saturated heterocycles. The molecule has 0 radical (unpaired) electrons. The van der Waals surface area contributed by atoms with E-state index in [2.05, 4.69) is 5.10 Å². The van der Waals surface area contributed by atoms with Crippen molar-refractivity contribution in [2.75, 3.05) is 0 Å². The van der Waals surface area contributed by atoms with Crippen LogP contribution in [-0.2, 0) is 6.54 Å². The van der Waals surface area contributed by atoms with Crippen LogP contribution in [0.4, 0.5) is 0 Å². The lowest BCUT2D eigenvalue weighted by Crippen LogP contribution is -2.00. The standard InChI is InChI=1S/C10H9Cl2N3/c11-9-5-10(12)15(14-9)8-3-1-2-7(4-8)6-13/h1-5H,6,13H2. The second kappa shape index (κ2) is 4.23. The highest BCUT2D eigenvalue weighted by Gasteiger charge is 2.06. The topological polar surface area (TPSA) is 43.8 Å². The van der Waals surface area contributed by atoms with Gasteiger partial charge in [0.05, 0.1) is 5.69 Å². The van der Waals surface area contributed by atoms with E-state index >= 15 is 0 Å². The average molecular weight is 242 g/mol. The highest BCUT2D eigenvalue weighted by Crippen LogP contribution is 2.20. The normalized spacial score (nSPS) is 10.6. The van der Waals surface area contributed by atoms with Gasteiger partial charge in [-0.3, -0.25) is 0 Å². The third-order valence-electron chi connectivity index (χ3n) is 2.03. The van der Waals surface area contributed by atoms with Gasteiger partial charge in [-0.05, 0) is 17.7 Å². The first kappa shape index (κ1) is 10.5. The second-order valence-electron chi connectivity index (χ2n) is 3.08. The van der Waals surface area contributed by atoms with Crippen LogP contribution in [0.2, 0.25) is 10.3 Å². The summed E-state index contributed by atoms with van der Waals surface area (Å²) in [6.45, 7) is 0.487. The number of halogens is 2. The molecule has 0 spiro atoms. The molecule has 0 aliphatic carbocycles. The summed E-state index contributed by atoms with van der Waals surface area (Å²) in [6, 6.07) is 9.27. The predicted octanol–water partition coefficient (Wildman–Crippen LogP) is 2.64. The van der Waals surface area contributed by atoms with E-state index in [0.717, 1.165) is 11.3 Å². The van der Waals surface area contributed by atoms with Gasteiger partial charge in [-0.2, -0.15) is 5.10 Å². The van der Waals surface area contributed by atoms with Crippen molar-refractivity contribution < 1.29 is 0 Å². The van der Waals surface area contributed by atoms with Crippen LogP contribution in [-0.4, -0.2) is 9.78 Å². The molecule has 0 aliphatic heterocycles. The minimum absolute atomic E-state index is 0.373. The molecule has 0 amide bonds. The molecule has 1 aromatic carbocycles. The fourth-order valence-electron chi connectivity index (χ4n) is 1.33. The molecule has 2 aromatic rings. The van der Waals surface area contributed by atoms with Crippen LogP contribution < -0.4 is 5.73 Å². The van der Waals surface area contributed by atoms with Crippen LogP contribution in [0.25, 0.3) is 5.69 Å². The Kier molecular flexibility index (Phi) is 2.95. The van der Waals surface area contributed by atoms with Gasteiger partial charge in [0.25, 0.3) is 0 Å². The van der Waals surface area contributed by atoms with Gasteiger partial charge in [0.2, 0.25) is 0 Å². The number of nitrogens with zero attached hydrogens (tertiary/aromatic N) is 2. The van der Waals surface area contributed by atoms with Gasteiger partial charge in [-0.1, -0.05) is 35.3 Å². The second-order valence-corrected chi connectivity index (χ2v) is 3.85. The maximum Gasteiger partial charge on any atom is 0.153 e. The fourth-order valence-corrected chi connectivity index (χ4v) is 1.80. The number of hydrogen-bond donors (Lipinski definition) is 1. The van der Waals surface area contributed by atoms with Gasteiger partial charge in [0.15, 0.2) is 5.15 Å². The van der Waals surface area contributed by atoms with Crippen LogP contribution >= 0.6 is 23.2 Å². The summed E-state index contributed by atoms with van der Waals surface area (Å²) in [5.74, 6) is 0. The number of nitrogens with two attached hydrogens (primary N) is 1. The van der Waals surface area contributed by atoms with Crippen molar-refractivity contribution in [3.8, 4) is 5.69 Å². The summed E-state index contributed by atoms with van der Waals surface area (Å²) in [5, 5.41) is 4.92. The van der Waals surface area contributed by atoms with Crippen LogP contribution in [0.1, 0.15) is 5.56 Å². The van der Waals surface area contributed by atoms with Gasteiger partial charge in [-0.25, -0.2) is 4.68 Å². The fraction of sp³-hybridized carbons (Fsp3) is 0.100. The summed E-state index contributed by atoms with van der Waals surface area (Å²) in [4.78, 5) is 0. The Morgan fingerprint density at radius 3 is 2.67 bits per heavy atom. The summed E-state index contributed by atoms with van der Waals surface area (Å²) >= 11 is 11.7. The average Bonchev–Trinajstić information content (AvgIpc) is 2.58. The largest absolute Gasteiger partial charge is 0.326 e. The molecule has 1 aromatic heterocycles. The molecular weight excluding hydrogens is 233 g/mol. The Morgan fingerprint density at radius 1 is 1.27 bits per heavy atom. The van der Waals surface area contributed by atoms with Gasteiger partial charge in [-0.15, -0.1) is 0 Å². The van der Waals surface area contributed by atoms with E-state index < -0.39 is 0 Å². The maximum atomic E-state index is 5.96. The van der Waals surface area contributed by atoms with E-state index in [1.807, 2.05) is 24.3 Å². The lowest BCUT2D eigenvalue weighted by atomic mass is 10.2. The smallest absolute Gasteiger partial charge is 0.153 e. The molecule has 1 heterocycles. The van der Waals surface area contributed by atoms with Crippen molar-refractivity contribution in [3.63, 3.8) is 0 Å². The minimum Gasteiger partial charge on any atom is -0.326 e. The number of rotatable bonds is 2. The third kappa shape index (κ3) is 2.15. The summed E-state index contributed by atoms with van der Waals surface area (Å²) < 4.78 is 1.57. The van der Waals surface area contributed by atoms with Gasteiger partial charge >= 0.3 is 0 Å². The molecule has 0 aliphatic rings. The first-order chi connectivity index (χ1) is 7.20. The van der Waals surface area contributed by atoms with E-state index in [9.17, 15) is 0 Å². The van der Waals surface area contributed by atoms with Crippen molar-refractivity contribution in [2.45, 2.75) is 6.54 Å². The Labute approximate surface area is 97.4 Å². The number of benzene rings is 1. The predicted molar refractivity (Wildman–Crippen MR) is 61.5 cm³/mol. The zero-order valence-electron chi connectivity index (χ0n) is 7.82. The van der Waals surface area contributed by atoms with Gasteiger partial charge in [0, 0.05) is 12.6 Å². The van der Waals surface area contributed by atoms with Gasteiger partial charge in [0.1, 0.15) is 5.15 Å². The van der Waals surface area contributed by atoms with E-state index in [0.29, 0.717) is 16.9 Å². The van der Waals surface area contributed by atoms with Crippen molar-refractivity contribution in [3.05, 3.63) is 46.2 Å². The maximum absolute atomic E-state index is 5.96. The zero-order valence-corrected chi connectivity index (χ0v) is 9.33. The first-order valence-electron chi connectivity index (χ1n) is 4.41. The SMILES string of the molecule is NCc1cccc(-n2nc(Cl)cc2Cl)c1. The summed E-state index contributed by atoms with van der Waals surface area (Å²) in [7, 11) is 0. The number of hydrogen-bond acceptors (Lipinski definition) is 2. The van der Waals surface area contributed by atoms with Crippen molar-refractivity contribution in [2.24, 2.45) is 5.73 Å². The van der Waals surface area contributed by atoms with E-state index in [1.54, 1.807) is 10.7 Å². The third-order valence-corrected chi connectivity index (χ3v) is 2.48. The quantitative estimate of drug-likeness (QED) is 0.879. The molecular formula is C10H9Cl2N3. The monoisotopic (exact) mass is 241 g/mol. The van der Waals surface area contributed by atoms with E-state index in [4.69, 9.17) is 28.9 Å². The molecule has 0 saturated carbocycles. The molecule has 0 unspecified atom stereocenters. The van der Waals surface area contributed by atoms with Gasteiger partial charge < -0.3 is 5.73 Å². The lowest BCUT2D eigenvalue weighted by Gasteiger charge is -2.04. The Bertz CT molecular complexity index is 479. The van der Waals surface area contributed by atoms with E-state index in [-0.39, 0.29) is 0 Å². The molecule has 0 atom stereocenters. The van der Waals surface area contributed by atoms with Crippen LogP contribution in [0.3, 0.4) is 0 Å². The Hall–Kier alpha value is -1.03.